The normalized spacial score (nSPS) is 20.0. The number of H-pyrrole nitrogens is 1. The van der Waals surface area contributed by atoms with E-state index in [1.165, 1.54) is 6.92 Å². The summed E-state index contributed by atoms with van der Waals surface area (Å²) in [4.78, 5) is 70.5. The lowest BCUT2D eigenvalue weighted by Gasteiger charge is -2.26. The molecule has 1 aliphatic rings. The van der Waals surface area contributed by atoms with Gasteiger partial charge in [-0.15, -0.1) is 0 Å². The van der Waals surface area contributed by atoms with Crippen LogP contribution in [0.2, 0.25) is 0 Å². The van der Waals surface area contributed by atoms with E-state index >= 15 is 0 Å². The molecule has 2 aromatic carbocycles. The summed E-state index contributed by atoms with van der Waals surface area (Å²) >= 11 is 0. The Kier molecular flexibility index (Phi) is 14.8. The quantitative estimate of drug-likeness (QED) is 0.228. The summed E-state index contributed by atoms with van der Waals surface area (Å²) in [5.41, 5.74) is 2.72. The van der Waals surface area contributed by atoms with E-state index in [0.717, 1.165) is 16.5 Å². The van der Waals surface area contributed by atoms with Crippen LogP contribution in [0, 0.1) is 5.92 Å². The van der Waals surface area contributed by atoms with Gasteiger partial charge in [-0.1, -0.05) is 44.2 Å². The Morgan fingerprint density at radius 2 is 1.67 bits per heavy atom. The molecule has 4 rings (SSSR count). The van der Waals surface area contributed by atoms with Crippen LogP contribution in [0.25, 0.3) is 10.9 Å². The summed E-state index contributed by atoms with van der Waals surface area (Å²) in [6, 6.07) is 12.6. The van der Waals surface area contributed by atoms with Crippen molar-refractivity contribution in [2.45, 2.75) is 83.9 Å². The molecular weight excluding hydrogens is 652 g/mol. The molecule has 1 aliphatic heterocycles. The number of carbonyl (C=O) groups excluding carboxylic acids is 5. The molecule has 0 fully saturated rings. The smallest absolute Gasteiger partial charge is 0.257 e. The van der Waals surface area contributed by atoms with Gasteiger partial charge in [0.05, 0.1) is 12.5 Å². The van der Waals surface area contributed by atoms with Gasteiger partial charge in [0, 0.05) is 49.7 Å². The van der Waals surface area contributed by atoms with Crippen molar-refractivity contribution in [1.29, 1.82) is 0 Å². The van der Waals surface area contributed by atoms with Crippen LogP contribution >= 0.6 is 0 Å². The number of aryl methyl sites for hydroxylation is 1. The van der Waals surface area contributed by atoms with Crippen LogP contribution in [0.4, 0.5) is 0 Å². The summed E-state index contributed by atoms with van der Waals surface area (Å²) in [5.74, 6) is -1.35. The minimum atomic E-state index is -1.22. The molecule has 51 heavy (non-hydrogen) atoms. The van der Waals surface area contributed by atoms with E-state index in [0.29, 0.717) is 69.5 Å². The number of nitrogens with one attached hydrogen (secondary N) is 5. The molecule has 0 radical (unpaired) electrons. The Morgan fingerprint density at radius 1 is 0.902 bits per heavy atom. The fraction of sp³-hybridized carbons (Fsp3) is 0.500. The molecule has 5 amide bonds. The summed E-state index contributed by atoms with van der Waals surface area (Å²) in [5, 5.41) is 22.6. The van der Waals surface area contributed by atoms with E-state index in [-0.39, 0.29) is 37.3 Å². The van der Waals surface area contributed by atoms with Crippen LogP contribution in [0.3, 0.4) is 0 Å². The van der Waals surface area contributed by atoms with Crippen LogP contribution in [0.15, 0.2) is 54.7 Å². The van der Waals surface area contributed by atoms with E-state index in [9.17, 15) is 29.1 Å². The Bertz CT molecular complexity index is 1640. The third-order valence-corrected chi connectivity index (χ3v) is 8.77. The number of amides is 5. The molecule has 3 atom stereocenters. The Hall–Kier alpha value is -4.91. The van der Waals surface area contributed by atoms with Crippen molar-refractivity contribution in [1.82, 2.24) is 31.2 Å². The Balaban J connectivity index is 1.45. The van der Waals surface area contributed by atoms with Crippen LogP contribution in [0.5, 0.6) is 5.75 Å². The number of aliphatic hydroxyl groups is 1. The summed E-state index contributed by atoms with van der Waals surface area (Å²) < 4.78 is 5.69. The zero-order valence-electron chi connectivity index (χ0n) is 29.8. The van der Waals surface area contributed by atoms with Crippen molar-refractivity contribution in [3.63, 3.8) is 0 Å². The largest absolute Gasteiger partial charge is 0.484 e. The Labute approximate surface area is 299 Å². The van der Waals surface area contributed by atoms with Crippen LogP contribution < -0.4 is 26.0 Å². The lowest BCUT2D eigenvalue weighted by atomic mass is 10.0. The second kappa shape index (κ2) is 19.5. The van der Waals surface area contributed by atoms with Crippen molar-refractivity contribution in [3.8, 4) is 5.75 Å². The first-order valence-electron chi connectivity index (χ1n) is 17.9. The number of hydrogen-bond acceptors (Lipinski definition) is 7. The topological polar surface area (TPSA) is 182 Å². The van der Waals surface area contributed by atoms with Crippen molar-refractivity contribution in [2.75, 3.05) is 32.8 Å². The van der Waals surface area contributed by atoms with E-state index in [2.05, 4.69) is 26.3 Å². The standard InChI is InChI=1S/C38H52N6O7/c1-25(2)20-32-37(49)43-36(26(3)45)38(50)40-16-6-7-18-44(35(48)15-14-28-23-41-31-13-5-4-12-30(28)31)19-9-17-39-34(47)24-51-29-11-8-10-27(21-29)22-33(46)42-32/h4-5,8,10-13,21,23,25-26,32,36,41,45H,6-7,9,14-20,22,24H2,1-3H3,(H,39,47)(H,40,50)(H,42,46)(H,43,49)/t26-,32-,36+/m1/s1. The van der Waals surface area contributed by atoms with Crippen molar-refractivity contribution in [3.05, 3.63) is 65.9 Å². The molecule has 2 heterocycles. The lowest BCUT2D eigenvalue weighted by molar-refractivity contribution is -0.134. The average Bonchev–Trinajstić information content (AvgIpc) is 3.51. The van der Waals surface area contributed by atoms with Gasteiger partial charge < -0.3 is 41.0 Å². The maximum atomic E-state index is 13.4. The van der Waals surface area contributed by atoms with E-state index in [1.807, 2.05) is 44.3 Å². The summed E-state index contributed by atoms with van der Waals surface area (Å²) in [7, 11) is 0. The molecule has 6 N–H and O–H groups in total. The van der Waals surface area contributed by atoms with Gasteiger partial charge in [0.1, 0.15) is 17.8 Å². The van der Waals surface area contributed by atoms with Gasteiger partial charge in [0.15, 0.2) is 6.61 Å². The van der Waals surface area contributed by atoms with Gasteiger partial charge in [0.25, 0.3) is 5.91 Å². The van der Waals surface area contributed by atoms with Crippen molar-refractivity contribution < 1.29 is 33.8 Å². The maximum absolute atomic E-state index is 13.4. The third kappa shape index (κ3) is 12.4. The second-order valence-corrected chi connectivity index (χ2v) is 13.5. The number of hydrogen-bond donors (Lipinski definition) is 6. The van der Waals surface area contributed by atoms with Gasteiger partial charge in [-0.05, 0) is 74.3 Å². The minimum absolute atomic E-state index is 0.000207. The number of aliphatic hydroxyl groups excluding tert-OH is 1. The first kappa shape index (κ1) is 38.9. The van der Waals surface area contributed by atoms with Crippen molar-refractivity contribution >= 4 is 40.4 Å². The van der Waals surface area contributed by atoms with Crippen LogP contribution in [-0.4, -0.2) is 95.5 Å². The van der Waals surface area contributed by atoms with E-state index in [1.54, 1.807) is 29.2 Å². The molecule has 0 aliphatic carbocycles. The number of ether oxygens (including phenoxy) is 1. The number of aromatic nitrogens is 1. The summed E-state index contributed by atoms with van der Waals surface area (Å²) in [6.45, 7) is 6.58. The molecule has 0 saturated heterocycles. The molecule has 276 valence electrons. The van der Waals surface area contributed by atoms with Gasteiger partial charge in [0.2, 0.25) is 23.6 Å². The zero-order chi connectivity index (χ0) is 36.8. The molecular formula is C38H52N6O7. The first-order chi connectivity index (χ1) is 24.5. The van der Waals surface area contributed by atoms with Gasteiger partial charge >= 0.3 is 0 Å². The highest BCUT2D eigenvalue weighted by Gasteiger charge is 2.30. The zero-order valence-corrected chi connectivity index (χ0v) is 29.8. The highest BCUT2D eigenvalue weighted by Crippen LogP contribution is 2.20. The number of para-hydroxylation sites is 1. The van der Waals surface area contributed by atoms with E-state index in [4.69, 9.17) is 4.74 Å². The first-order valence-corrected chi connectivity index (χ1v) is 17.9. The molecule has 0 saturated carbocycles. The number of aromatic amines is 1. The molecule has 13 nitrogen and oxygen atoms in total. The average molecular weight is 705 g/mol. The fourth-order valence-corrected chi connectivity index (χ4v) is 6.08. The molecule has 2 bridgehead atoms. The van der Waals surface area contributed by atoms with Crippen LogP contribution in [0.1, 0.15) is 64.0 Å². The number of rotatable bonds is 6. The highest BCUT2D eigenvalue weighted by atomic mass is 16.5. The lowest BCUT2D eigenvalue weighted by Crippen LogP contribution is -2.57. The second-order valence-electron chi connectivity index (χ2n) is 13.5. The predicted octanol–water partition coefficient (Wildman–Crippen LogP) is 2.36. The molecule has 3 aromatic rings. The SMILES string of the molecule is CC(C)C[C@H]1NC(=O)Cc2cccc(c2)OCC(=O)NCCCN(C(=O)CCc2c[nH]c3ccccc23)CCCCNC(=O)[C@H]([C@@H](C)O)NC1=O. The molecule has 0 spiro atoms. The Morgan fingerprint density at radius 3 is 2.45 bits per heavy atom. The number of fused-ring (bicyclic) bond motifs is 3. The van der Waals surface area contributed by atoms with Gasteiger partial charge in [-0.2, -0.15) is 0 Å². The highest BCUT2D eigenvalue weighted by molar-refractivity contribution is 5.92. The van der Waals surface area contributed by atoms with Crippen molar-refractivity contribution in [2.24, 2.45) is 5.92 Å². The van der Waals surface area contributed by atoms with Gasteiger partial charge in [-0.25, -0.2) is 0 Å². The number of benzene rings is 2. The molecule has 0 unspecified atom stereocenters. The molecule has 13 heteroatoms. The fourth-order valence-electron chi connectivity index (χ4n) is 6.08. The third-order valence-electron chi connectivity index (χ3n) is 8.77. The van der Waals surface area contributed by atoms with Crippen LogP contribution in [-0.2, 0) is 36.8 Å². The van der Waals surface area contributed by atoms with Gasteiger partial charge in [-0.3, -0.25) is 24.0 Å². The maximum Gasteiger partial charge on any atom is 0.257 e. The summed E-state index contributed by atoms with van der Waals surface area (Å²) in [6.07, 6.45) is 3.64. The predicted molar refractivity (Wildman–Crippen MR) is 194 cm³/mol. The number of nitrogens with zero attached hydrogens (tertiary/aromatic N) is 1. The number of carbonyl (C=O) groups is 5. The van der Waals surface area contributed by atoms with E-state index < -0.39 is 35.9 Å². The minimum Gasteiger partial charge on any atom is -0.484 e. The molecule has 1 aromatic heterocycles. The monoisotopic (exact) mass is 704 g/mol.